The van der Waals surface area contributed by atoms with E-state index in [9.17, 15) is 13.2 Å². The number of aryl methyl sites for hydroxylation is 1. The number of benzene rings is 2. The van der Waals surface area contributed by atoms with E-state index in [-0.39, 0.29) is 23.3 Å². The number of ether oxygens (including phenoxy) is 2. The number of piperazine rings is 1. The highest BCUT2D eigenvalue weighted by Gasteiger charge is 2.49. The van der Waals surface area contributed by atoms with Crippen molar-refractivity contribution in [3.63, 3.8) is 0 Å². The molecule has 0 radical (unpaired) electrons. The number of nitrogens with one attached hydrogen (secondary N) is 1. The Labute approximate surface area is 323 Å². The molecule has 0 aromatic heterocycles. The molecule has 0 unspecified atom stereocenters. The molecule has 2 bridgehead atoms. The lowest BCUT2D eigenvalue weighted by molar-refractivity contribution is -0.104. The summed E-state index contributed by atoms with van der Waals surface area (Å²) in [5.74, 6) is 0.508. The third kappa shape index (κ3) is 8.47. The summed E-state index contributed by atoms with van der Waals surface area (Å²) in [4.78, 5) is 21.1. The van der Waals surface area contributed by atoms with Crippen molar-refractivity contribution >= 4 is 33.2 Å². The number of hydrogen-bond donors (Lipinski definition) is 1. The summed E-state index contributed by atoms with van der Waals surface area (Å²) in [5.41, 5.74) is 3.09. The second kappa shape index (κ2) is 16.2. The molecule has 3 heterocycles. The maximum atomic E-state index is 13.6. The second-order valence-corrected chi connectivity index (χ2v) is 19.2. The van der Waals surface area contributed by atoms with Crippen molar-refractivity contribution in [2.75, 3.05) is 64.4 Å². The Morgan fingerprint density at radius 2 is 1.85 bits per heavy atom. The van der Waals surface area contributed by atoms with Crippen molar-refractivity contribution in [3.05, 3.63) is 70.3 Å². The topological polar surface area (TPSA) is 91.4 Å². The van der Waals surface area contributed by atoms with Crippen molar-refractivity contribution in [1.82, 2.24) is 14.5 Å². The minimum Gasteiger partial charge on any atom is -0.491 e. The van der Waals surface area contributed by atoms with Crippen molar-refractivity contribution in [2.24, 2.45) is 17.8 Å². The van der Waals surface area contributed by atoms with Gasteiger partial charge in [-0.2, -0.15) is 0 Å². The first-order valence-electron chi connectivity index (χ1n) is 19.8. The minimum absolute atomic E-state index is 0.0481. The molecule has 1 amide bonds. The zero-order valence-corrected chi connectivity index (χ0v) is 34.4. The average molecular weight is 769 g/mol. The third-order valence-corrected chi connectivity index (χ3v) is 15.0. The Balaban J connectivity index is 1.41. The van der Waals surface area contributed by atoms with Gasteiger partial charge in [-0.25, -0.2) is 13.1 Å². The van der Waals surface area contributed by atoms with Gasteiger partial charge in [0.15, 0.2) is 0 Å². The fourth-order valence-electron chi connectivity index (χ4n) is 9.37. The van der Waals surface area contributed by atoms with E-state index in [0.29, 0.717) is 36.8 Å². The molecule has 3 aliphatic heterocycles. The van der Waals surface area contributed by atoms with Crippen LogP contribution in [0, 0.1) is 17.8 Å². The van der Waals surface area contributed by atoms with E-state index >= 15 is 0 Å². The number of sulfonamides is 1. The lowest BCUT2D eigenvalue weighted by Crippen LogP contribution is -2.63. The highest BCUT2D eigenvalue weighted by molar-refractivity contribution is 7.90. The van der Waals surface area contributed by atoms with Crippen molar-refractivity contribution < 1.29 is 22.7 Å². The maximum Gasteiger partial charge on any atom is 0.264 e. The van der Waals surface area contributed by atoms with Gasteiger partial charge in [0.1, 0.15) is 11.4 Å². The van der Waals surface area contributed by atoms with E-state index in [2.05, 4.69) is 71.4 Å². The van der Waals surface area contributed by atoms with Gasteiger partial charge < -0.3 is 14.4 Å². The molecule has 2 aromatic carbocycles. The number of methoxy groups -OCH3 is 1. The molecular formula is C42H61ClN4O5S. The first kappa shape index (κ1) is 40.0. The van der Waals surface area contributed by atoms with Crippen LogP contribution in [-0.2, 0) is 21.2 Å². The van der Waals surface area contributed by atoms with Crippen LogP contribution in [0.25, 0.3) is 0 Å². The smallest absolute Gasteiger partial charge is 0.264 e. The van der Waals surface area contributed by atoms with Crippen molar-refractivity contribution in [1.29, 1.82) is 0 Å². The van der Waals surface area contributed by atoms with Gasteiger partial charge in [0.25, 0.3) is 5.91 Å². The molecule has 53 heavy (non-hydrogen) atoms. The molecule has 11 heteroatoms. The molecular weight excluding hydrogens is 708 g/mol. The molecule has 2 aromatic rings. The normalized spacial score (nSPS) is 31.4. The van der Waals surface area contributed by atoms with E-state index in [0.717, 1.165) is 75.7 Å². The van der Waals surface area contributed by atoms with Gasteiger partial charge in [-0.05, 0) is 112 Å². The fourth-order valence-corrected chi connectivity index (χ4v) is 10.8. The van der Waals surface area contributed by atoms with Crippen molar-refractivity contribution in [2.45, 2.75) is 96.0 Å². The lowest BCUT2D eigenvalue weighted by atomic mass is 9.63. The van der Waals surface area contributed by atoms with Crippen LogP contribution in [0.3, 0.4) is 0 Å². The summed E-state index contributed by atoms with van der Waals surface area (Å²) in [6.07, 6.45) is 9.00. The molecule has 1 saturated carbocycles. The van der Waals surface area contributed by atoms with Crippen LogP contribution in [0.4, 0.5) is 5.69 Å². The Morgan fingerprint density at radius 3 is 2.53 bits per heavy atom. The first-order chi connectivity index (χ1) is 25.2. The minimum atomic E-state index is -3.96. The summed E-state index contributed by atoms with van der Waals surface area (Å²) in [5, 5.41) is -0.0476. The van der Waals surface area contributed by atoms with Crippen LogP contribution in [0.15, 0.2) is 48.6 Å². The number of rotatable bonds is 7. The number of halogens is 1. The predicted molar refractivity (Wildman–Crippen MR) is 215 cm³/mol. The highest BCUT2D eigenvalue weighted by Crippen LogP contribution is 2.47. The molecule has 9 nitrogen and oxygen atoms in total. The maximum absolute atomic E-state index is 13.6. The number of carbonyl (C=O) groups is 1. The fraction of sp³-hybridized carbons (Fsp3) is 0.643. The van der Waals surface area contributed by atoms with Crippen molar-refractivity contribution in [3.8, 4) is 5.75 Å². The summed E-state index contributed by atoms with van der Waals surface area (Å²) in [6, 6.07) is 11.5. The molecule has 0 spiro atoms. The molecule has 1 N–H and O–H groups in total. The predicted octanol–water partition coefficient (Wildman–Crippen LogP) is 7.15. The van der Waals surface area contributed by atoms with E-state index in [1.807, 2.05) is 32.2 Å². The van der Waals surface area contributed by atoms with E-state index < -0.39 is 26.8 Å². The number of fused-ring (bicyclic) bond motifs is 2. The second-order valence-electron chi connectivity index (χ2n) is 16.7. The number of allylic oxidation sites excluding steroid dienone is 1. The van der Waals surface area contributed by atoms with Crippen LogP contribution in [0.5, 0.6) is 5.75 Å². The summed E-state index contributed by atoms with van der Waals surface area (Å²) < 4.78 is 42.9. The molecule has 2 fully saturated rings. The monoisotopic (exact) mass is 768 g/mol. The standard InChI is InChI=1S/C42H61ClN4O5S/c1-8-11-31-22-35(43)15-16-36(31)34-25-46-24-33-13-17-37(33)42(51-7,28-45-20-21-47(9-2)41(5,6)27-45)19-10-12-29(3)30(4)53(49,50)44-40(48)32-14-18-39(52-26-34)38(46)23-32/h10,14-16,18-19,22-23,29-30,33-34,37H,8-9,11-13,17,20-21,24-28H2,1-7H3,(H,44,48)/b19-10+/t29-,30+,33-,34-,37+,42-/m0/s1. The first-order valence-corrected chi connectivity index (χ1v) is 21.7. The quantitative estimate of drug-likeness (QED) is 0.298. The highest BCUT2D eigenvalue weighted by atomic mass is 35.5. The van der Waals surface area contributed by atoms with Crippen LogP contribution in [-0.4, -0.2) is 100 Å². The van der Waals surface area contributed by atoms with Gasteiger partial charge in [-0.15, -0.1) is 0 Å². The van der Waals surface area contributed by atoms with E-state index in [1.54, 1.807) is 13.0 Å². The van der Waals surface area contributed by atoms with Crippen LogP contribution in [0.2, 0.25) is 5.02 Å². The molecule has 4 aliphatic rings. The van der Waals surface area contributed by atoms with Crippen LogP contribution in [0.1, 0.15) is 94.6 Å². The molecule has 292 valence electrons. The summed E-state index contributed by atoms with van der Waals surface area (Å²) in [6.45, 7) is 19.4. The molecule has 6 rings (SSSR count). The van der Waals surface area contributed by atoms with Gasteiger partial charge >= 0.3 is 0 Å². The molecule has 1 saturated heterocycles. The Hall–Kier alpha value is -2.63. The Bertz CT molecular complexity index is 1770. The Kier molecular flexibility index (Phi) is 12.3. The number of nitrogens with zero attached hydrogens (tertiary/aromatic N) is 3. The largest absolute Gasteiger partial charge is 0.491 e. The van der Waals surface area contributed by atoms with Gasteiger partial charge in [-0.1, -0.05) is 57.0 Å². The number of likely N-dealkylation sites (N-methyl/N-ethyl adjacent to an activating group) is 1. The van der Waals surface area contributed by atoms with E-state index in [1.165, 1.54) is 11.1 Å². The number of anilines is 1. The van der Waals surface area contributed by atoms with E-state index in [4.69, 9.17) is 21.1 Å². The summed E-state index contributed by atoms with van der Waals surface area (Å²) in [7, 11) is -2.10. The van der Waals surface area contributed by atoms with Crippen LogP contribution >= 0.6 is 11.6 Å². The van der Waals surface area contributed by atoms with Gasteiger partial charge in [0.2, 0.25) is 10.0 Å². The number of hydrogen-bond acceptors (Lipinski definition) is 8. The average Bonchev–Trinajstić information content (AvgIpc) is 3.28. The molecule has 6 atom stereocenters. The third-order valence-electron chi connectivity index (χ3n) is 12.8. The summed E-state index contributed by atoms with van der Waals surface area (Å²) >= 11 is 6.50. The Morgan fingerprint density at radius 1 is 1.06 bits per heavy atom. The SMILES string of the molecule is CCCc1cc(Cl)ccc1[C@@H]1COc2ccc3cc2N(C1)C[C@@H]1CC[C@H]1[C@](CN1CCN(CC)C(C)(C)C1)(OC)/C=C/C[C@H](C)[C@@H](C)S(=O)(=O)NC3=O. The van der Waals surface area contributed by atoms with Gasteiger partial charge in [-0.3, -0.25) is 14.6 Å². The number of carbonyl (C=O) groups excluding carboxylic acids is 1. The van der Waals surface area contributed by atoms with Gasteiger partial charge in [0.05, 0.1) is 17.5 Å². The lowest BCUT2D eigenvalue weighted by Gasteiger charge is -2.53. The zero-order chi connectivity index (χ0) is 38.1. The molecule has 1 aliphatic carbocycles. The number of amides is 1. The zero-order valence-electron chi connectivity index (χ0n) is 32.9. The van der Waals surface area contributed by atoms with Gasteiger partial charge in [0, 0.05) is 68.4 Å². The van der Waals surface area contributed by atoms with Crippen LogP contribution < -0.4 is 14.4 Å².